The largest absolute Gasteiger partial charge is 0.347 e. The van der Waals surface area contributed by atoms with Crippen molar-refractivity contribution in [2.75, 3.05) is 32.8 Å². The van der Waals surface area contributed by atoms with Gasteiger partial charge in [0, 0.05) is 45.7 Å². The van der Waals surface area contributed by atoms with Crippen molar-refractivity contribution in [3.63, 3.8) is 0 Å². The van der Waals surface area contributed by atoms with Gasteiger partial charge in [0.25, 0.3) is 0 Å². The molecule has 0 atom stereocenters. The van der Waals surface area contributed by atoms with Gasteiger partial charge in [0.2, 0.25) is 0 Å². The van der Waals surface area contributed by atoms with Crippen LogP contribution in [-0.4, -0.2) is 53.3 Å². The van der Waals surface area contributed by atoms with Crippen LogP contribution in [0.25, 0.3) is 0 Å². The van der Waals surface area contributed by atoms with Gasteiger partial charge in [-0.1, -0.05) is 0 Å². The molecule has 2 aliphatic rings. The molecule has 3 heterocycles. The van der Waals surface area contributed by atoms with Crippen molar-refractivity contribution in [2.24, 2.45) is 7.05 Å². The summed E-state index contributed by atoms with van der Waals surface area (Å²) in [6, 6.07) is 0. The lowest BCUT2D eigenvalue weighted by Gasteiger charge is -2.37. The molecule has 2 fully saturated rings. The molecular weight excluding hydrogens is 230 g/mol. The van der Waals surface area contributed by atoms with Gasteiger partial charge >= 0.3 is 0 Å². The fourth-order valence-corrected chi connectivity index (χ4v) is 2.79. The van der Waals surface area contributed by atoms with E-state index in [1.54, 1.807) is 0 Å². The summed E-state index contributed by atoms with van der Waals surface area (Å²) in [5.41, 5.74) is 1.31. The van der Waals surface area contributed by atoms with E-state index in [1.807, 2.05) is 17.9 Å². The molecule has 1 aromatic heterocycles. The molecule has 0 amide bonds. The van der Waals surface area contributed by atoms with Crippen molar-refractivity contribution in [1.29, 1.82) is 0 Å². The van der Waals surface area contributed by atoms with Crippen LogP contribution in [0, 0.1) is 0 Å². The predicted octanol–water partition coefficient (Wildman–Crippen LogP) is 0.801. The monoisotopic (exact) mass is 251 g/mol. The highest BCUT2D eigenvalue weighted by Crippen LogP contribution is 2.31. The van der Waals surface area contributed by atoms with Crippen molar-refractivity contribution in [1.82, 2.24) is 14.7 Å². The summed E-state index contributed by atoms with van der Waals surface area (Å²) in [7, 11) is 1.96. The summed E-state index contributed by atoms with van der Waals surface area (Å²) in [5, 5.41) is 4.20. The molecule has 2 saturated heterocycles. The number of rotatable bonds is 3. The fourth-order valence-electron chi connectivity index (χ4n) is 2.79. The van der Waals surface area contributed by atoms with Gasteiger partial charge in [0.1, 0.15) is 0 Å². The highest BCUT2D eigenvalue weighted by molar-refractivity contribution is 5.04. The third-order valence-electron chi connectivity index (χ3n) is 3.91. The molecule has 0 radical (unpaired) electrons. The predicted molar refractivity (Wildman–Crippen MR) is 67.2 cm³/mol. The molecule has 0 saturated carbocycles. The zero-order valence-corrected chi connectivity index (χ0v) is 11.0. The van der Waals surface area contributed by atoms with Crippen LogP contribution >= 0.6 is 0 Å². The number of aryl methyl sites for hydroxylation is 1. The van der Waals surface area contributed by atoms with Crippen LogP contribution in [0.3, 0.4) is 0 Å². The number of nitrogens with zero attached hydrogens (tertiary/aromatic N) is 3. The van der Waals surface area contributed by atoms with E-state index in [0.717, 1.165) is 52.1 Å². The van der Waals surface area contributed by atoms with Crippen LogP contribution in [0.5, 0.6) is 0 Å². The zero-order valence-electron chi connectivity index (χ0n) is 11.0. The van der Waals surface area contributed by atoms with Crippen molar-refractivity contribution >= 4 is 0 Å². The fraction of sp³-hybridized carbons (Fsp3) is 0.769. The van der Waals surface area contributed by atoms with Gasteiger partial charge in [-0.05, 0) is 12.0 Å². The molecule has 3 rings (SSSR count). The van der Waals surface area contributed by atoms with E-state index in [4.69, 9.17) is 9.47 Å². The number of likely N-dealkylation sites (tertiary alicyclic amines) is 1. The van der Waals surface area contributed by atoms with E-state index in [9.17, 15) is 0 Å². The van der Waals surface area contributed by atoms with Crippen molar-refractivity contribution in [3.8, 4) is 0 Å². The molecule has 1 spiro atoms. The molecular formula is C13H21N3O2. The Morgan fingerprint density at radius 3 is 2.61 bits per heavy atom. The molecule has 1 aromatic rings. The summed E-state index contributed by atoms with van der Waals surface area (Å²) < 4.78 is 13.3. The highest BCUT2D eigenvalue weighted by Gasteiger charge is 2.39. The molecule has 18 heavy (non-hydrogen) atoms. The normalized spacial score (nSPS) is 23.8. The first-order valence-electron chi connectivity index (χ1n) is 6.74. The standard InChI is InChI=1S/C13H21N3O2/c1-15-11-12(10-14-15)2-5-16-6-3-13(4-7-16)17-8-9-18-13/h10-11H,2-9H2,1H3. The van der Waals surface area contributed by atoms with Gasteiger partial charge < -0.3 is 14.4 Å². The topological polar surface area (TPSA) is 39.5 Å². The lowest BCUT2D eigenvalue weighted by atomic mass is 10.0. The SMILES string of the molecule is Cn1cc(CCN2CCC3(CC2)OCCO3)cn1. The van der Waals surface area contributed by atoms with E-state index in [-0.39, 0.29) is 5.79 Å². The Morgan fingerprint density at radius 1 is 1.28 bits per heavy atom. The smallest absolute Gasteiger partial charge is 0.170 e. The Labute approximate surface area is 108 Å². The minimum Gasteiger partial charge on any atom is -0.347 e. The van der Waals surface area contributed by atoms with Gasteiger partial charge in [-0.25, -0.2) is 0 Å². The molecule has 100 valence electrons. The lowest BCUT2D eigenvalue weighted by molar-refractivity contribution is -0.185. The second-order valence-electron chi connectivity index (χ2n) is 5.22. The van der Waals surface area contributed by atoms with Crippen LogP contribution in [0.2, 0.25) is 0 Å². The van der Waals surface area contributed by atoms with Crippen LogP contribution in [-0.2, 0) is 22.9 Å². The second kappa shape index (κ2) is 4.99. The Kier molecular flexibility index (Phi) is 3.37. The molecule has 0 aliphatic carbocycles. The average Bonchev–Trinajstić information content (AvgIpc) is 2.99. The van der Waals surface area contributed by atoms with Crippen molar-refractivity contribution < 1.29 is 9.47 Å². The van der Waals surface area contributed by atoms with E-state index in [1.165, 1.54) is 5.56 Å². The molecule has 2 aliphatic heterocycles. The van der Waals surface area contributed by atoms with E-state index in [2.05, 4.69) is 16.2 Å². The molecule has 0 aromatic carbocycles. The highest BCUT2D eigenvalue weighted by atomic mass is 16.7. The van der Waals surface area contributed by atoms with Gasteiger partial charge in [-0.3, -0.25) is 4.68 Å². The van der Waals surface area contributed by atoms with Crippen LogP contribution in [0.15, 0.2) is 12.4 Å². The second-order valence-corrected chi connectivity index (χ2v) is 5.22. The Bertz CT molecular complexity index is 389. The van der Waals surface area contributed by atoms with E-state index >= 15 is 0 Å². The van der Waals surface area contributed by atoms with Crippen molar-refractivity contribution in [3.05, 3.63) is 18.0 Å². The zero-order chi connectivity index (χ0) is 12.4. The quantitative estimate of drug-likeness (QED) is 0.796. The molecule has 5 heteroatoms. The van der Waals surface area contributed by atoms with Gasteiger partial charge in [-0.15, -0.1) is 0 Å². The molecule has 0 N–H and O–H groups in total. The van der Waals surface area contributed by atoms with Crippen molar-refractivity contribution in [2.45, 2.75) is 25.0 Å². The third-order valence-corrected chi connectivity index (χ3v) is 3.91. The Balaban J connectivity index is 1.45. The summed E-state index contributed by atoms with van der Waals surface area (Å²) in [6.07, 6.45) is 7.12. The number of hydrogen-bond acceptors (Lipinski definition) is 4. The van der Waals surface area contributed by atoms with Crippen LogP contribution in [0.4, 0.5) is 0 Å². The molecule has 5 nitrogen and oxygen atoms in total. The average molecular weight is 251 g/mol. The number of piperidine rings is 1. The maximum Gasteiger partial charge on any atom is 0.170 e. The minimum absolute atomic E-state index is 0.245. The summed E-state index contributed by atoms with van der Waals surface area (Å²) >= 11 is 0. The van der Waals surface area contributed by atoms with E-state index in [0.29, 0.717) is 0 Å². The lowest BCUT2D eigenvalue weighted by Crippen LogP contribution is -2.45. The van der Waals surface area contributed by atoms with Crippen LogP contribution < -0.4 is 0 Å². The van der Waals surface area contributed by atoms with E-state index < -0.39 is 0 Å². The Hall–Kier alpha value is -0.910. The Morgan fingerprint density at radius 2 is 2.00 bits per heavy atom. The number of aromatic nitrogens is 2. The number of hydrogen-bond donors (Lipinski definition) is 0. The first-order valence-corrected chi connectivity index (χ1v) is 6.74. The maximum absolute atomic E-state index is 5.73. The molecule has 0 unspecified atom stereocenters. The minimum atomic E-state index is -0.245. The van der Waals surface area contributed by atoms with Gasteiger partial charge in [0.05, 0.1) is 19.4 Å². The number of ether oxygens (including phenoxy) is 2. The van der Waals surface area contributed by atoms with Gasteiger partial charge in [0.15, 0.2) is 5.79 Å². The summed E-state index contributed by atoms with van der Waals surface area (Å²) in [6.45, 7) is 4.76. The molecule has 0 bridgehead atoms. The third kappa shape index (κ3) is 2.58. The maximum atomic E-state index is 5.73. The van der Waals surface area contributed by atoms with Gasteiger partial charge in [-0.2, -0.15) is 5.10 Å². The summed E-state index contributed by atoms with van der Waals surface area (Å²) in [5.74, 6) is -0.245. The van der Waals surface area contributed by atoms with Crippen LogP contribution in [0.1, 0.15) is 18.4 Å². The summed E-state index contributed by atoms with van der Waals surface area (Å²) in [4.78, 5) is 2.49. The first-order chi connectivity index (χ1) is 8.76. The first kappa shape index (κ1) is 12.1.